The molecule has 3 aromatic carbocycles. The van der Waals surface area contributed by atoms with Gasteiger partial charge in [0.05, 0.1) is 11.5 Å². The van der Waals surface area contributed by atoms with Crippen molar-refractivity contribution in [3.8, 4) is 16.9 Å². The van der Waals surface area contributed by atoms with Gasteiger partial charge in [-0.1, -0.05) is 54.6 Å². The van der Waals surface area contributed by atoms with E-state index in [0.717, 1.165) is 11.1 Å². The number of rotatable bonds is 8. The summed E-state index contributed by atoms with van der Waals surface area (Å²) in [5.74, 6) is -0.569. The summed E-state index contributed by atoms with van der Waals surface area (Å²) < 4.78 is 33.3. The molecule has 6 nitrogen and oxygen atoms in total. The highest BCUT2D eigenvalue weighted by atomic mass is 32.2. The Morgan fingerprint density at radius 2 is 1.53 bits per heavy atom. The van der Waals surface area contributed by atoms with Gasteiger partial charge < -0.3 is 9.84 Å². The number of hydrogen-bond donors (Lipinski definition) is 2. The lowest BCUT2D eigenvalue weighted by Gasteiger charge is -2.18. The molecule has 0 saturated heterocycles. The minimum atomic E-state index is -3.95. The molecule has 0 saturated carbocycles. The number of phenolic OH excluding ortho intramolecular Hbond substituents is 1. The van der Waals surface area contributed by atoms with Gasteiger partial charge in [-0.05, 0) is 54.3 Å². The number of nitrogens with one attached hydrogen (secondary N) is 1. The minimum absolute atomic E-state index is 0.0576. The maximum atomic E-state index is 12.9. The smallest absolute Gasteiger partial charge is 0.324 e. The molecule has 3 aromatic rings. The molecule has 0 aromatic heterocycles. The number of esters is 1. The normalized spacial score (nSPS) is 12.3. The predicted molar refractivity (Wildman–Crippen MR) is 114 cm³/mol. The molecule has 0 aliphatic rings. The van der Waals surface area contributed by atoms with Crippen molar-refractivity contribution in [1.82, 2.24) is 4.72 Å². The molecular weight excluding hydrogens is 402 g/mol. The highest BCUT2D eigenvalue weighted by Crippen LogP contribution is 2.21. The van der Waals surface area contributed by atoms with E-state index in [0.29, 0.717) is 5.56 Å². The Bertz CT molecular complexity index is 1080. The second kappa shape index (κ2) is 9.56. The molecule has 0 bridgehead atoms. The molecule has 1 atom stereocenters. The number of carbonyl (C=O) groups is 1. The van der Waals surface area contributed by atoms with Gasteiger partial charge >= 0.3 is 5.97 Å². The van der Waals surface area contributed by atoms with E-state index in [1.54, 1.807) is 31.2 Å². The monoisotopic (exact) mass is 425 g/mol. The van der Waals surface area contributed by atoms with Crippen LogP contribution in [0.3, 0.4) is 0 Å². The lowest BCUT2D eigenvalue weighted by atomic mass is 10.1. The van der Waals surface area contributed by atoms with Crippen molar-refractivity contribution >= 4 is 16.0 Å². The molecule has 0 spiro atoms. The van der Waals surface area contributed by atoms with E-state index in [1.165, 1.54) is 24.3 Å². The van der Waals surface area contributed by atoms with E-state index in [4.69, 9.17) is 4.74 Å². The van der Waals surface area contributed by atoms with E-state index in [9.17, 15) is 18.3 Å². The van der Waals surface area contributed by atoms with Gasteiger partial charge in [0.2, 0.25) is 10.0 Å². The first-order chi connectivity index (χ1) is 14.4. The third-order valence-electron chi connectivity index (χ3n) is 4.52. The largest absolute Gasteiger partial charge is 0.508 e. The number of sulfonamides is 1. The summed E-state index contributed by atoms with van der Waals surface area (Å²) in [6, 6.07) is 21.2. The Labute approximate surface area is 176 Å². The zero-order chi connectivity index (χ0) is 21.6. The Balaban J connectivity index is 1.81. The van der Waals surface area contributed by atoms with Crippen molar-refractivity contribution < 1.29 is 23.1 Å². The summed E-state index contributed by atoms with van der Waals surface area (Å²) in [7, 11) is -3.95. The molecule has 156 valence electrons. The molecule has 2 N–H and O–H groups in total. The molecule has 30 heavy (non-hydrogen) atoms. The number of aromatic hydroxyl groups is 1. The summed E-state index contributed by atoms with van der Waals surface area (Å²) in [5.41, 5.74) is 2.56. The fraction of sp³-hybridized carbons (Fsp3) is 0.174. The van der Waals surface area contributed by atoms with E-state index in [1.807, 2.05) is 30.3 Å². The van der Waals surface area contributed by atoms with Gasteiger partial charge in [-0.25, -0.2) is 8.42 Å². The first kappa shape index (κ1) is 21.5. The summed E-state index contributed by atoms with van der Waals surface area (Å²) >= 11 is 0. The van der Waals surface area contributed by atoms with Crippen LogP contribution in [-0.4, -0.2) is 32.1 Å². The lowest BCUT2D eigenvalue weighted by molar-refractivity contribution is -0.145. The van der Waals surface area contributed by atoms with Gasteiger partial charge in [0, 0.05) is 0 Å². The van der Waals surface area contributed by atoms with Crippen LogP contribution in [0.2, 0.25) is 0 Å². The van der Waals surface area contributed by atoms with Gasteiger partial charge in [0.25, 0.3) is 0 Å². The van der Waals surface area contributed by atoms with E-state index < -0.39 is 22.0 Å². The fourth-order valence-corrected chi connectivity index (χ4v) is 4.18. The summed E-state index contributed by atoms with van der Waals surface area (Å²) in [6.07, 6.45) is 0.0977. The number of hydrogen-bond acceptors (Lipinski definition) is 5. The minimum Gasteiger partial charge on any atom is -0.508 e. The Kier molecular flexibility index (Phi) is 6.87. The van der Waals surface area contributed by atoms with Crippen LogP contribution < -0.4 is 4.72 Å². The van der Waals surface area contributed by atoms with Crippen molar-refractivity contribution in [1.29, 1.82) is 0 Å². The molecule has 0 amide bonds. The topological polar surface area (TPSA) is 92.7 Å². The van der Waals surface area contributed by atoms with Gasteiger partial charge in [-0.3, -0.25) is 4.79 Å². The number of phenols is 1. The Hall–Kier alpha value is -3.16. The van der Waals surface area contributed by atoms with Crippen LogP contribution in [0, 0.1) is 0 Å². The van der Waals surface area contributed by atoms with Gasteiger partial charge in [0.1, 0.15) is 11.8 Å². The molecule has 0 aliphatic heterocycles. The van der Waals surface area contributed by atoms with E-state index in [-0.39, 0.29) is 23.7 Å². The molecule has 0 aliphatic carbocycles. The number of carbonyl (C=O) groups excluding carboxylic acids is 1. The maximum Gasteiger partial charge on any atom is 0.324 e. The Morgan fingerprint density at radius 1 is 0.933 bits per heavy atom. The van der Waals surface area contributed by atoms with E-state index >= 15 is 0 Å². The average molecular weight is 426 g/mol. The van der Waals surface area contributed by atoms with Crippen LogP contribution in [0.1, 0.15) is 12.5 Å². The second-order valence-electron chi connectivity index (χ2n) is 6.69. The molecule has 0 radical (unpaired) electrons. The molecule has 3 rings (SSSR count). The van der Waals surface area contributed by atoms with Crippen molar-refractivity contribution in [3.63, 3.8) is 0 Å². The van der Waals surface area contributed by atoms with Crippen LogP contribution in [0.5, 0.6) is 5.75 Å². The van der Waals surface area contributed by atoms with Crippen LogP contribution in [0.15, 0.2) is 83.8 Å². The molecular formula is C23H23NO5S. The number of benzene rings is 3. The predicted octanol–water partition coefficient (Wildman–Crippen LogP) is 3.51. The van der Waals surface area contributed by atoms with Crippen molar-refractivity contribution in [2.24, 2.45) is 0 Å². The quantitative estimate of drug-likeness (QED) is 0.539. The van der Waals surface area contributed by atoms with Gasteiger partial charge in [0.15, 0.2) is 0 Å². The molecule has 7 heteroatoms. The van der Waals surface area contributed by atoms with Crippen molar-refractivity contribution in [2.45, 2.75) is 24.3 Å². The molecule has 1 unspecified atom stereocenters. The van der Waals surface area contributed by atoms with Gasteiger partial charge in [-0.2, -0.15) is 4.72 Å². The van der Waals surface area contributed by atoms with Crippen LogP contribution in [0.4, 0.5) is 0 Å². The summed E-state index contributed by atoms with van der Waals surface area (Å²) in [5, 5.41) is 9.42. The zero-order valence-corrected chi connectivity index (χ0v) is 17.3. The highest BCUT2D eigenvalue weighted by molar-refractivity contribution is 7.89. The Morgan fingerprint density at radius 3 is 2.13 bits per heavy atom. The lowest BCUT2D eigenvalue weighted by Crippen LogP contribution is -2.43. The SMILES string of the molecule is CCOC(=O)C(Cc1ccc(O)cc1)NS(=O)(=O)c1ccc(-c2ccccc2)cc1. The van der Waals surface area contributed by atoms with Crippen LogP contribution >= 0.6 is 0 Å². The van der Waals surface area contributed by atoms with Crippen LogP contribution in [0.25, 0.3) is 11.1 Å². The first-order valence-corrected chi connectivity index (χ1v) is 11.0. The standard InChI is InChI=1S/C23H23NO5S/c1-2-29-23(26)22(16-17-8-12-20(25)13-9-17)24-30(27,28)21-14-10-19(11-15-21)18-6-4-3-5-7-18/h3-15,22,24-25H,2,16H2,1H3. The van der Waals surface area contributed by atoms with Crippen LogP contribution in [-0.2, 0) is 26.0 Å². The molecule has 0 heterocycles. The fourth-order valence-electron chi connectivity index (χ4n) is 3.00. The molecule has 0 fully saturated rings. The number of ether oxygens (including phenoxy) is 1. The van der Waals surface area contributed by atoms with Crippen molar-refractivity contribution in [2.75, 3.05) is 6.61 Å². The van der Waals surface area contributed by atoms with E-state index in [2.05, 4.69) is 4.72 Å². The van der Waals surface area contributed by atoms with Crippen molar-refractivity contribution in [3.05, 3.63) is 84.4 Å². The highest BCUT2D eigenvalue weighted by Gasteiger charge is 2.27. The van der Waals surface area contributed by atoms with Gasteiger partial charge in [-0.15, -0.1) is 0 Å². The second-order valence-corrected chi connectivity index (χ2v) is 8.40. The third-order valence-corrected chi connectivity index (χ3v) is 6.00. The average Bonchev–Trinajstić information content (AvgIpc) is 2.75. The third kappa shape index (κ3) is 5.46. The zero-order valence-electron chi connectivity index (χ0n) is 16.5. The maximum absolute atomic E-state index is 12.9. The summed E-state index contributed by atoms with van der Waals surface area (Å²) in [4.78, 5) is 12.4. The summed E-state index contributed by atoms with van der Waals surface area (Å²) in [6.45, 7) is 1.80. The first-order valence-electron chi connectivity index (χ1n) is 9.51.